The van der Waals surface area contributed by atoms with Gasteiger partial charge in [0.15, 0.2) is 0 Å². The van der Waals surface area contributed by atoms with Crippen LogP contribution in [0.3, 0.4) is 0 Å². The number of aliphatic hydroxyl groups is 1. The maximum absolute atomic E-state index is 9.03. The highest BCUT2D eigenvalue weighted by Crippen LogP contribution is 2.17. The highest BCUT2D eigenvalue weighted by atomic mass is 16.3. The van der Waals surface area contributed by atoms with E-state index in [0.29, 0.717) is 12.5 Å². The molecule has 1 aromatic heterocycles. The van der Waals surface area contributed by atoms with Crippen LogP contribution < -0.4 is 10.2 Å². The van der Waals surface area contributed by atoms with Crippen LogP contribution in [0.5, 0.6) is 0 Å². The third-order valence-electron chi connectivity index (χ3n) is 2.53. The van der Waals surface area contributed by atoms with Gasteiger partial charge in [0.2, 0.25) is 5.95 Å². The van der Waals surface area contributed by atoms with E-state index in [2.05, 4.69) is 29.1 Å². The van der Waals surface area contributed by atoms with Crippen molar-refractivity contribution in [1.82, 2.24) is 9.97 Å². The molecule has 0 atom stereocenters. The van der Waals surface area contributed by atoms with Gasteiger partial charge >= 0.3 is 0 Å². The molecule has 0 saturated heterocycles. The van der Waals surface area contributed by atoms with E-state index >= 15 is 0 Å². The Kier molecular flexibility index (Phi) is 5.69. The average Bonchev–Trinajstić information content (AvgIpc) is 2.35. The molecule has 0 saturated carbocycles. The van der Waals surface area contributed by atoms with Gasteiger partial charge in [-0.2, -0.15) is 4.98 Å². The zero-order chi connectivity index (χ0) is 12.7. The molecular formula is C12H22N4O. The molecule has 96 valence electrons. The lowest BCUT2D eigenvalue weighted by atomic mass is 10.3. The minimum absolute atomic E-state index is 0.134. The molecule has 0 aliphatic heterocycles. The van der Waals surface area contributed by atoms with Gasteiger partial charge in [-0.3, -0.25) is 0 Å². The van der Waals surface area contributed by atoms with Crippen LogP contribution in [0, 0.1) is 6.92 Å². The number of hydrogen-bond donors (Lipinski definition) is 2. The molecule has 0 fully saturated rings. The molecule has 1 rings (SSSR count). The summed E-state index contributed by atoms with van der Waals surface area (Å²) in [6.07, 6.45) is 2.86. The number of nitrogens with one attached hydrogen (secondary N) is 1. The molecule has 5 nitrogen and oxygen atoms in total. The summed E-state index contributed by atoms with van der Waals surface area (Å²) in [5.41, 5.74) is 1.03. The van der Waals surface area contributed by atoms with Gasteiger partial charge in [0.1, 0.15) is 5.82 Å². The summed E-state index contributed by atoms with van der Waals surface area (Å²) in [5.74, 6) is 1.55. The molecule has 0 aromatic carbocycles. The summed E-state index contributed by atoms with van der Waals surface area (Å²) in [7, 11) is 0. The van der Waals surface area contributed by atoms with Crippen molar-refractivity contribution in [1.29, 1.82) is 0 Å². The molecule has 0 radical (unpaired) electrons. The quantitative estimate of drug-likeness (QED) is 0.752. The topological polar surface area (TPSA) is 61.3 Å². The third-order valence-corrected chi connectivity index (χ3v) is 2.53. The van der Waals surface area contributed by atoms with E-state index in [-0.39, 0.29) is 6.61 Å². The first-order valence-corrected chi connectivity index (χ1v) is 6.16. The van der Waals surface area contributed by atoms with Crippen molar-refractivity contribution < 1.29 is 5.11 Å². The number of likely N-dealkylation sites (N-methyl/N-ethyl adjacent to an activating group) is 1. The van der Waals surface area contributed by atoms with Gasteiger partial charge in [-0.15, -0.1) is 0 Å². The van der Waals surface area contributed by atoms with Crippen LogP contribution in [0.4, 0.5) is 11.8 Å². The second-order valence-corrected chi connectivity index (χ2v) is 3.93. The molecule has 1 heterocycles. The summed E-state index contributed by atoms with van der Waals surface area (Å²) in [5, 5.41) is 12.2. The van der Waals surface area contributed by atoms with Crippen molar-refractivity contribution in [2.75, 3.05) is 36.5 Å². The first-order chi connectivity index (χ1) is 8.22. The monoisotopic (exact) mass is 238 g/mol. The van der Waals surface area contributed by atoms with Gasteiger partial charge in [0.05, 0.1) is 6.61 Å². The fourth-order valence-corrected chi connectivity index (χ4v) is 1.61. The zero-order valence-corrected chi connectivity index (χ0v) is 10.9. The fourth-order valence-electron chi connectivity index (χ4n) is 1.61. The minimum Gasteiger partial charge on any atom is -0.395 e. The van der Waals surface area contributed by atoms with Crippen LogP contribution in [0.1, 0.15) is 25.8 Å². The summed E-state index contributed by atoms with van der Waals surface area (Å²) in [4.78, 5) is 10.8. The number of nitrogens with zero attached hydrogens (tertiary/aromatic N) is 3. The number of aromatic nitrogens is 2. The molecule has 5 heteroatoms. The van der Waals surface area contributed by atoms with Crippen LogP contribution in [-0.4, -0.2) is 41.3 Å². The molecule has 17 heavy (non-hydrogen) atoms. The lowest BCUT2D eigenvalue weighted by Crippen LogP contribution is -2.28. The van der Waals surface area contributed by atoms with Crippen molar-refractivity contribution in [3.63, 3.8) is 0 Å². The number of aryl methyl sites for hydroxylation is 1. The van der Waals surface area contributed by atoms with Crippen LogP contribution in [0.2, 0.25) is 0 Å². The van der Waals surface area contributed by atoms with E-state index in [0.717, 1.165) is 30.9 Å². The largest absolute Gasteiger partial charge is 0.395 e. The van der Waals surface area contributed by atoms with Gasteiger partial charge in [0, 0.05) is 31.4 Å². The molecule has 0 unspecified atom stereocenters. The molecule has 0 aliphatic rings. The smallest absolute Gasteiger partial charge is 0.224 e. The Morgan fingerprint density at radius 3 is 2.76 bits per heavy atom. The van der Waals surface area contributed by atoms with E-state index in [1.807, 2.05) is 18.0 Å². The molecule has 1 aromatic rings. The maximum Gasteiger partial charge on any atom is 0.224 e. The number of rotatable bonds is 7. The fraction of sp³-hybridized carbons (Fsp3) is 0.667. The molecule has 0 amide bonds. The van der Waals surface area contributed by atoms with Crippen LogP contribution in [0.25, 0.3) is 0 Å². The second kappa shape index (κ2) is 7.06. The standard InChI is InChI=1S/C12H22N4O/c1-4-6-13-12-14-9-10(3)11(15-12)16(5-2)7-8-17/h9,17H,4-8H2,1-3H3,(H,13,14,15). The first kappa shape index (κ1) is 13.7. The van der Waals surface area contributed by atoms with Crippen LogP contribution in [-0.2, 0) is 0 Å². The highest BCUT2D eigenvalue weighted by molar-refractivity contribution is 5.48. The Morgan fingerprint density at radius 1 is 1.41 bits per heavy atom. The Morgan fingerprint density at radius 2 is 2.18 bits per heavy atom. The van der Waals surface area contributed by atoms with Crippen LogP contribution in [0.15, 0.2) is 6.20 Å². The Labute approximate surface area is 103 Å². The van der Waals surface area contributed by atoms with E-state index in [4.69, 9.17) is 5.11 Å². The van der Waals surface area contributed by atoms with Gasteiger partial charge in [-0.25, -0.2) is 4.98 Å². The average molecular weight is 238 g/mol. The van der Waals surface area contributed by atoms with E-state index in [1.165, 1.54) is 0 Å². The minimum atomic E-state index is 0.134. The molecule has 0 spiro atoms. The number of hydrogen-bond acceptors (Lipinski definition) is 5. The van der Waals surface area contributed by atoms with Crippen molar-refractivity contribution in [2.24, 2.45) is 0 Å². The zero-order valence-electron chi connectivity index (χ0n) is 10.9. The van der Waals surface area contributed by atoms with Gasteiger partial charge in [0.25, 0.3) is 0 Å². The normalized spacial score (nSPS) is 10.4. The highest BCUT2D eigenvalue weighted by Gasteiger charge is 2.10. The van der Waals surface area contributed by atoms with Gasteiger partial charge in [-0.05, 0) is 20.3 Å². The number of aliphatic hydroxyl groups excluding tert-OH is 1. The van der Waals surface area contributed by atoms with E-state index in [1.54, 1.807) is 0 Å². The van der Waals surface area contributed by atoms with E-state index in [9.17, 15) is 0 Å². The summed E-state index contributed by atoms with van der Waals surface area (Å²) < 4.78 is 0. The van der Waals surface area contributed by atoms with Crippen molar-refractivity contribution >= 4 is 11.8 Å². The number of anilines is 2. The van der Waals surface area contributed by atoms with Gasteiger partial charge < -0.3 is 15.3 Å². The molecule has 2 N–H and O–H groups in total. The molecule has 0 bridgehead atoms. The summed E-state index contributed by atoms with van der Waals surface area (Å²) >= 11 is 0. The van der Waals surface area contributed by atoms with Crippen molar-refractivity contribution in [3.8, 4) is 0 Å². The molecular weight excluding hydrogens is 216 g/mol. The maximum atomic E-state index is 9.03. The second-order valence-electron chi connectivity index (χ2n) is 3.93. The van der Waals surface area contributed by atoms with E-state index < -0.39 is 0 Å². The Hall–Kier alpha value is -1.36. The SMILES string of the molecule is CCCNc1ncc(C)c(N(CC)CCO)n1. The Balaban J connectivity index is 2.87. The summed E-state index contributed by atoms with van der Waals surface area (Å²) in [6.45, 7) is 8.57. The van der Waals surface area contributed by atoms with Crippen molar-refractivity contribution in [2.45, 2.75) is 27.2 Å². The van der Waals surface area contributed by atoms with Gasteiger partial charge in [-0.1, -0.05) is 6.92 Å². The molecule has 0 aliphatic carbocycles. The summed E-state index contributed by atoms with van der Waals surface area (Å²) in [6, 6.07) is 0. The Bertz CT molecular complexity index is 343. The lowest BCUT2D eigenvalue weighted by molar-refractivity contribution is 0.302. The van der Waals surface area contributed by atoms with Crippen molar-refractivity contribution in [3.05, 3.63) is 11.8 Å². The first-order valence-electron chi connectivity index (χ1n) is 6.16. The third kappa shape index (κ3) is 3.85. The lowest BCUT2D eigenvalue weighted by Gasteiger charge is -2.22. The predicted molar refractivity (Wildman–Crippen MR) is 70.5 cm³/mol. The predicted octanol–water partition coefficient (Wildman–Crippen LogP) is 1.43. The van der Waals surface area contributed by atoms with Crippen LogP contribution >= 0.6 is 0 Å².